The fourth-order valence-corrected chi connectivity index (χ4v) is 4.63. The monoisotopic (exact) mass is 470 g/mol. The van der Waals surface area contributed by atoms with E-state index in [1.54, 1.807) is 35.0 Å². The van der Waals surface area contributed by atoms with Crippen LogP contribution in [-0.2, 0) is 19.8 Å². The Morgan fingerprint density at radius 2 is 2.00 bits per heavy atom. The summed E-state index contributed by atoms with van der Waals surface area (Å²) in [7, 11) is 1.84. The van der Waals surface area contributed by atoms with Gasteiger partial charge in [-0.15, -0.1) is 11.3 Å². The smallest absolute Gasteiger partial charge is 0.346 e. The Balaban J connectivity index is 1.60. The molecule has 5 rings (SSSR count). The van der Waals surface area contributed by atoms with E-state index in [-0.39, 0.29) is 12.5 Å². The second-order valence-corrected chi connectivity index (χ2v) is 8.54. The minimum absolute atomic E-state index is 0.246. The number of aromatic nitrogens is 5. The summed E-state index contributed by atoms with van der Waals surface area (Å²) < 4.78 is 43.2. The van der Waals surface area contributed by atoms with Crippen molar-refractivity contribution in [1.29, 1.82) is 0 Å². The highest BCUT2D eigenvalue weighted by atomic mass is 32.1. The van der Waals surface area contributed by atoms with Crippen LogP contribution in [0.2, 0.25) is 0 Å². The van der Waals surface area contributed by atoms with Crippen LogP contribution in [0.5, 0.6) is 0 Å². The Morgan fingerprint density at radius 3 is 2.70 bits per heavy atom. The van der Waals surface area contributed by atoms with E-state index in [4.69, 9.17) is 0 Å². The second-order valence-electron chi connectivity index (χ2n) is 7.48. The van der Waals surface area contributed by atoms with Crippen molar-refractivity contribution in [3.8, 4) is 5.00 Å². The third-order valence-corrected chi connectivity index (χ3v) is 6.55. The van der Waals surface area contributed by atoms with Crippen LogP contribution < -0.4 is 5.32 Å². The van der Waals surface area contributed by atoms with Crippen LogP contribution in [0, 0.1) is 6.92 Å². The van der Waals surface area contributed by atoms with E-state index >= 15 is 0 Å². The molecule has 11 heteroatoms. The number of fused-ring (bicyclic) bond motifs is 3. The zero-order valence-corrected chi connectivity index (χ0v) is 18.3. The van der Waals surface area contributed by atoms with E-state index in [2.05, 4.69) is 20.3 Å². The van der Waals surface area contributed by atoms with Crippen molar-refractivity contribution >= 4 is 39.3 Å². The van der Waals surface area contributed by atoms with Gasteiger partial charge in [0.2, 0.25) is 0 Å². The number of benzene rings is 1. The summed E-state index contributed by atoms with van der Waals surface area (Å²) in [6, 6.07) is 9.35. The maximum absolute atomic E-state index is 13.2. The van der Waals surface area contributed by atoms with E-state index in [1.165, 1.54) is 12.4 Å². The molecular formula is C22H17F3N6OS. The summed E-state index contributed by atoms with van der Waals surface area (Å²) in [5.74, 6) is 0.424. The highest BCUT2D eigenvalue weighted by Gasteiger charge is 2.33. The first kappa shape index (κ1) is 21.1. The molecule has 0 radical (unpaired) electrons. The molecular weight excluding hydrogens is 453 g/mol. The molecule has 1 amide bonds. The first-order chi connectivity index (χ1) is 15.7. The molecule has 168 valence electrons. The van der Waals surface area contributed by atoms with Gasteiger partial charge in [-0.05, 0) is 43.3 Å². The van der Waals surface area contributed by atoms with Gasteiger partial charge in [0, 0.05) is 24.2 Å². The third kappa shape index (κ3) is 3.63. The lowest BCUT2D eigenvalue weighted by Crippen LogP contribution is -2.23. The van der Waals surface area contributed by atoms with E-state index < -0.39 is 11.1 Å². The van der Waals surface area contributed by atoms with Gasteiger partial charge in [-0.1, -0.05) is 0 Å². The quantitative estimate of drug-likeness (QED) is 0.416. The Kier molecular flexibility index (Phi) is 4.93. The van der Waals surface area contributed by atoms with E-state index in [1.807, 2.05) is 18.5 Å². The molecule has 0 atom stereocenters. The van der Waals surface area contributed by atoms with Crippen molar-refractivity contribution in [2.75, 3.05) is 0 Å². The van der Waals surface area contributed by atoms with Gasteiger partial charge in [-0.3, -0.25) is 9.36 Å². The van der Waals surface area contributed by atoms with Crippen LogP contribution >= 0.6 is 11.3 Å². The lowest BCUT2D eigenvalue weighted by molar-refractivity contribution is -0.134. The fraction of sp³-hybridized carbons (Fsp3) is 0.182. The largest absolute Gasteiger partial charge is 0.425 e. The summed E-state index contributed by atoms with van der Waals surface area (Å²) in [4.78, 5) is 24.6. The maximum atomic E-state index is 13.2. The Morgan fingerprint density at radius 1 is 1.18 bits per heavy atom. The molecule has 0 aliphatic rings. The second kappa shape index (κ2) is 7.69. The lowest BCUT2D eigenvalue weighted by atomic mass is 10.1. The lowest BCUT2D eigenvalue weighted by Gasteiger charge is -2.07. The SMILES string of the molecule is Cc1nc2c(c3cc(C(=O)NCc4ccncn4)ccc3n2-c2ccc(C(F)(F)F)s2)n1C. The Labute approximate surface area is 189 Å². The van der Waals surface area contributed by atoms with E-state index in [0.29, 0.717) is 44.6 Å². The van der Waals surface area contributed by atoms with Crippen LogP contribution in [0.3, 0.4) is 0 Å². The molecule has 0 bridgehead atoms. The molecule has 0 fully saturated rings. The Hall–Kier alpha value is -3.73. The van der Waals surface area contributed by atoms with Crippen LogP contribution in [-0.4, -0.2) is 30.0 Å². The highest BCUT2D eigenvalue weighted by molar-refractivity contribution is 7.14. The molecule has 0 saturated carbocycles. The summed E-state index contributed by atoms with van der Waals surface area (Å²) in [5, 5.41) is 3.96. The Bertz CT molecular complexity index is 1500. The third-order valence-electron chi connectivity index (χ3n) is 5.43. The number of aryl methyl sites for hydroxylation is 2. The number of nitrogens with zero attached hydrogens (tertiary/aromatic N) is 5. The minimum Gasteiger partial charge on any atom is -0.346 e. The van der Waals surface area contributed by atoms with Crippen molar-refractivity contribution < 1.29 is 18.0 Å². The molecule has 0 aliphatic carbocycles. The van der Waals surface area contributed by atoms with Gasteiger partial charge < -0.3 is 9.88 Å². The predicted octanol–water partition coefficient (Wildman–Crippen LogP) is 4.63. The number of hydrogen-bond acceptors (Lipinski definition) is 5. The van der Waals surface area contributed by atoms with E-state index in [0.717, 1.165) is 17.0 Å². The average Bonchev–Trinajstić information content (AvgIpc) is 3.47. The summed E-state index contributed by atoms with van der Waals surface area (Å²) in [5.41, 5.74) is 3.06. The van der Waals surface area contributed by atoms with Crippen molar-refractivity contribution in [3.63, 3.8) is 0 Å². The van der Waals surface area contributed by atoms with Gasteiger partial charge in [-0.25, -0.2) is 15.0 Å². The van der Waals surface area contributed by atoms with Gasteiger partial charge in [0.05, 0.1) is 23.3 Å². The molecule has 4 aromatic heterocycles. The van der Waals surface area contributed by atoms with Gasteiger partial charge in [0.15, 0.2) is 5.65 Å². The van der Waals surface area contributed by atoms with Crippen molar-refractivity contribution in [1.82, 2.24) is 29.4 Å². The zero-order valence-electron chi connectivity index (χ0n) is 17.5. The summed E-state index contributed by atoms with van der Waals surface area (Å²) >= 11 is 0.656. The molecule has 33 heavy (non-hydrogen) atoms. The molecule has 0 unspecified atom stereocenters. The number of imidazole rings is 1. The van der Waals surface area contributed by atoms with Crippen LogP contribution in [0.1, 0.15) is 26.8 Å². The molecule has 7 nitrogen and oxygen atoms in total. The molecule has 0 saturated heterocycles. The number of rotatable bonds is 4. The number of nitrogens with one attached hydrogen (secondary N) is 1. The molecule has 1 N–H and O–H groups in total. The topological polar surface area (TPSA) is 77.6 Å². The number of thiophene rings is 1. The zero-order chi connectivity index (χ0) is 23.3. The number of alkyl halides is 3. The van der Waals surface area contributed by atoms with Gasteiger partial charge in [-0.2, -0.15) is 13.2 Å². The minimum atomic E-state index is -4.42. The number of carbonyl (C=O) groups excluding carboxylic acids is 1. The molecule has 0 aliphatic heterocycles. The predicted molar refractivity (Wildman–Crippen MR) is 118 cm³/mol. The number of halogens is 3. The molecule has 0 spiro atoms. The maximum Gasteiger partial charge on any atom is 0.425 e. The van der Waals surface area contributed by atoms with Crippen molar-refractivity contribution in [2.45, 2.75) is 19.6 Å². The first-order valence-corrected chi connectivity index (χ1v) is 10.7. The van der Waals surface area contributed by atoms with Crippen molar-refractivity contribution in [2.24, 2.45) is 7.05 Å². The standard InChI is InChI=1S/C22H17F3N6OS/c1-12-29-20-19(30(12)2)15-9-13(21(32)27-10-14-7-8-26-11-28-14)3-4-16(15)31(20)18-6-5-17(33-18)22(23,24)25/h3-9,11H,10H2,1-2H3,(H,27,32). The van der Waals surface area contributed by atoms with Crippen LogP contribution in [0.25, 0.3) is 27.1 Å². The van der Waals surface area contributed by atoms with Crippen LogP contribution in [0.4, 0.5) is 13.2 Å². The molecule has 1 aromatic carbocycles. The molecule has 5 aromatic rings. The highest BCUT2D eigenvalue weighted by Crippen LogP contribution is 2.39. The van der Waals surface area contributed by atoms with Gasteiger partial charge in [0.25, 0.3) is 5.91 Å². The average molecular weight is 470 g/mol. The summed E-state index contributed by atoms with van der Waals surface area (Å²) in [6.45, 7) is 2.07. The first-order valence-electron chi connectivity index (χ1n) is 9.92. The normalized spacial score (nSPS) is 12.0. The van der Waals surface area contributed by atoms with Crippen LogP contribution in [0.15, 0.2) is 48.9 Å². The number of carbonyl (C=O) groups is 1. The number of amides is 1. The fourth-order valence-electron chi connectivity index (χ4n) is 3.74. The van der Waals surface area contributed by atoms with Crippen molar-refractivity contribution in [3.05, 3.63) is 70.9 Å². The van der Waals surface area contributed by atoms with Gasteiger partial charge in [0.1, 0.15) is 22.0 Å². The number of hydrogen-bond donors (Lipinski definition) is 1. The van der Waals surface area contributed by atoms with Gasteiger partial charge >= 0.3 is 6.18 Å². The summed E-state index contributed by atoms with van der Waals surface area (Å²) in [6.07, 6.45) is -1.41. The molecule has 4 heterocycles. The van der Waals surface area contributed by atoms with E-state index in [9.17, 15) is 18.0 Å².